The van der Waals surface area contributed by atoms with Gasteiger partial charge in [0.05, 0.1) is 6.04 Å². The molecule has 6 nitrogen and oxygen atoms in total. The van der Waals surface area contributed by atoms with E-state index < -0.39 is 17.9 Å². The van der Waals surface area contributed by atoms with E-state index >= 15 is 0 Å². The summed E-state index contributed by atoms with van der Waals surface area (Å²) < 4.78 is 0. The number of aliphatic carboxylic acids is 1. The molecule has 0 fully saturated rings. The zero-order chi connectivity index (χ0) is 12.8. The molecule has 0 aliphatic heterocycles. The highest BCUT2D eigenvalue weighted by molar-refractivity contribution is 5.94. The van der Waals surface area contributed by atoms with Gasteiger partial charge in [-0.2, -0.15) is 0 Å². The van der Waals surface area contributed by atoms with Crippen molar-refractivity contribution in [2.24, 2.45) is 5.73 Å². The number of aromatic nitrogens is 1. The van der Waals surface area contributed by atoms with Gasteiger partial charge in [0.2, 0.25) is 5.91 Å². The highest BCUT2D eigenvalue weighted by Gasteiger charge is 2.14. The van der Waals surface area contributed by atoms with Crippen LogP contribution in [0.5, 0.6) is 0 Å². The molecule has 0 bridgehead atoms. The summed E-state index contributed by atoms with van der Waals surface area (Å²) in [4.78, 5) is 25.9. The number of rotatable bonds is 5. The number of aryl methyl sites for hydroxylation is 1. The first-order valence-corrected chi connectivity index (χ1v) is 5.20. The minimum Gasteiger partial charge on any atom is -0.481 e. The van der Waals surface area contributed by atoms with E-state index in [0.717, 1.165) is 5.69 Å². The van der Waals surface area contributed by atoms with Gasteiger partial charge in [0.1, 0.15) is 0 Å². The number of hydrogen-bond acceptors (Lipinski definition) is 4. The van der Waals surface area contributed by atoms with Crippen molar-refractivity contribution in [3.05, 3.63) is 24.0 Å². The summed E-state index contributed by atoms with van der Waals surface area (Å²) in [5.41, 5.74) is 6.94. The first kappa shape index (κ1) is 13.1. The molecule has 1 heterocycles. The zero-order valence-electron chi connectivity index (χ0n) is 9.51. The smallest absolute Gasteiger partial charge is 0.303 e. The van der Waals surface area contributed by atoms with Gasteiger partial charge >= 0.3 is 5.97 Å². The molecule has 0 aromatic carbocycles. The number of nitrogens with two attached hydrogens (primary N) is 1. The van der Waals surface area contributed by atoms with Crippen molar-refractivity contribution in [3.8, 4) is 0 Å². The minimum atomic E-state index is -0.965. The third-order valence-electron chi connectivity index (χ3n) is 2.17. The fourth-order valence-corrected chi connectivity index (χ4v) is 1.27. The van der Waals surface area contributed by atoms with Crippen LogP contribution in [-0.2, 0) is 9.59 Å². The number of carboxylic acid groups (broad SMARTS) is 1. The summed E-state index contributed by atoms with van der Waals surface area (Å²) in [5.74, 6) is -1.36. The van der Waals surface area contributed by atoms with E-state index in [1.807, 2.05) is 0 Å². The van der Waals surface area contributed by atoms with Crippen LogP contribution >= 0.6 is 0 Å². The van der Waals surface area contributed by atoms with Crippen LogP contribution in [0, 0.1) is 6.92 Å². The van der Waals surface area contributed by atoms with Crippen molar-refractivity contribution in [2.75, 3.05) is 5.32 Å². The van der Waals surface area contributed by atoms with Gasteiger partial charge in [-0.15, -0.1) is 0 Å². The lowest BCUT2D eigenvalue weighted by Crippen LogP contribution is -2.36. The number of carboxylic acids is 1. The summed E-state index contributed by atoms with van der Waals surface area (Å²) in [6.45, 7) is 1.81. The van der Waals surface area contributed by atoms with E-state index in [9.17, 15) is 9.59 Å². The van der Waals surface area contributed by atoms with Gasteiger partial charge in [0.25, 0.3) is 0 Å². The van der Waals surface area contributed by atoms with Crippen LogP contribution in [0.1, 0.15) is 18.5 Å². The molecule has 1 atom stereocenters. The molecule has 0 radical (unpaired) electrons. The maximum atomic E-state index is 11.6. The molecule has 0 aliphatic rings. The van der Waals surface area contributed by atoms with Gasteiger partial charge in [-0.1, -0.05) is 0 Å². The Kier molecular flexibility index (Phi) is 4.59. The number of pyridine rings is 1. The van der Waals surface area contributed by atoms with Gasteiger partial charge in [-0.05, 0) is 25.5 Å². The maximum absolute atomic E-state index is 11.6. The van der Waals surface area contributed by atoms with Gasteiger partial charge in [-0.25, -0.2) is 0 Å². The van der Waals surface area contributed by atoms with Crippen LogP contribution < -0.4 is 11.1 Å². The maximum Gasteiger partial charge on any atom is 0.303 e. The third kappa shape index (κ3) is 4.60. The number of nitrogens with one attached hydrogen (secondary N) is 1. The number of hydrogen-bond donors (Lipinski definition) is 3. The Balaban J connectivity index is 2.51. The van der Waals surface area contributed by atoms with Crippen molar-refractivity contribution in [1.29, 1.82) is 0 Å². The number of carbonyl (C=O) groups is 2. The Hall–Kier alpha value is -1.95. The molecule has 1 amide bonds. The van der Waals surface area contributed by atoms with E-state index in [2.05, 4.69) is 10.3 Å². The van der Waals surface area contributed by atoms with Crippen LogP contribution in [0.3, 0.4) is 0 Å². The lowest BCUT2D eigenvalue weighted by Gasteiger charge is -2.11. The summed E-state index contributed by atoms with van der Waals surface area (Å²) in [7, 11) is 0. The van der Waals surface area contributed by atoms with Gasteiger partial charge in [0.15, 0.2) is 0 Å². The zero-order valence-corrected chi connectivity index (χ0v) is 9.51. The lowest BCUT2D eigenvalue weighted by atomic mass is 10.1. The SMILES string of the molecule is Cc1cc(NC(=O)C(N)CCC(=O)O)ccn1. The molecule has 1 rings (SSSR count). The Labute approximate surface area is 98.8 Å². The molecular weight excluding hydrogens is 222 g/mol. The molecule has 0 saturated carbocycles. The molecule has 1 aromatic rings. The predicted molar refractivity (Wildman–Crippen MR) is 62.4 cm³/mol. The minimum absolute atomic E-state index is 0.116. The predicted octanol–water partition coefficient (Wildman–Crippen LogP) is 0.521. The second kappa shape index (κ2) is 5.95. The molecular formula is C11H15N3O3. The van der Waals surface area contributed by atoms with E-state index in [4.69, 9.17) is 10.8 Å². The fourth-order valence-electron chi connectivity index (χ4n) is 1.27. The van der Waals surface area contributed by atoms with E-state index in [1.165, 1.54) is 0 Å². The Morgan fingerprint density at radius 2 is 2.29 bits per heavy atom. The van der Waals surface area contributed by atoms with Crippen LogP contribution in [0.25, 0.3) is 0 Å². The standard InChI is InChI=1S/C11H15N3O3/c1-7-6-8(4-5-13-7)14-11(17)9(12)2-3-10(15)16/h4-6,9H,2-3,12H2,1H3,(H,15,16)(H,13,14,17). The second-order valence-electron chi connectivity index (χ2n) is 3.71. The normalized spacial score (nSPS) is 11.9. The van der Waals surface area contributed by atoms with Gasteiger partial charge in [-0.3, -0.25) is 14.6 Å². The highest BCUT2D eigenvalue weighted by atomic mass is 16.4. The molecule has 0 aliphatic carbocycles. The van der Waals surface area contributed by atoms with Crippen LogP contribution in [0.15, 0.2) is 18.3 Å². The summed E-state index contributed by atoms with van der Waals surface area (Å²) >= 11 is 0. The number of anilines is 1. The van der Waals surface area contributed by atoms with Crippen molar-refractivity contribution in [2.45, 2.75) is 25.8 Å². The molecule has 6 heteroatoms. The first-order valence-electron chi connectivity index (χ1n) is 5.20. The molecule has 1 aromatic heterocycles. The molecule has 4 N–H and O–H groups in total. The van der Waals surface area contributed by atoms with Crippen LogP contribution in [-0.4, -0.2) is 28.0 Å². The number of nitrogens with zero attached hydrogens (tertiary/aromatic N) is 1. The average Bonchev–Trinajstić information content (AvgIpc) is 2.25. The largest absolute Gasteiger partial charge is 0.481 e. The first-order chi connectivity index (χ1) is 7.99. The monoisotopic (exact) mass is 237 g/mol. The van der Waals surface area contributed by atoms with Crippen molar-refractivity contribution < 1.29 is 14.7 Å². The number of amides is 1. The topological polar surface area (TPSA) is 105 Å². The van der Waals surface area contributed by atoms with Crippen LogP contribution in [0.2, 0.25) is 0 Å². The average molecular weight is 237 g/mol. The van der Waals surface area contributed by atoms with Crippen molar-refractivity contribution in [3.63, 3.8) is 0 Å². The van der Waals surface area contributed by atoms with Crippen molar-refractivity contribution >= 4 is 17.6 Å². The van der Waals surface area contributed by atoms with E-state index in [0.29, 0.717) is 5.69 Å². The van der Waals surface area contributed by atoms with Crippen molar-refractivity contribution in [1.82, 2.24) is 4.98 Å². The van der Waals surface area contributed by atoms with Gasteiger partial charge in [0, 0.05) is 24.0 Å². The lowest BCUT2D eigenvalue weighted by molar-refractivity contribution is -0.137. The highest BCUT2D eigenvalue weighted by Crippen LogP contribution is 2.08. The molecule has 92 valence electrons. The van der Waals surface area contributed by atoms with E-state index in [-0.39, 0.29) is 12.8 Å². The van der Waals surface area contributed by atoms with Crippen LogP contribution in [0.4, 0.5) is 5.69 Å². The summed E-state index contributed by atoms with van der Waals surface area (Å²) in [6.07, 6.45) is 1.57. The second-order valence-corrected chi connectivity index (χ2v) is 3.71. The quantitative estimate of drug-likeness (QED) is 0.692. The molecule has 1 unspecified atom stereocenters. The Bertz CT molecular complexity index is 420. The molecule has 17 heavy (non-hydrogen) atoms. The third-order valence-corrected chi connectivity index (χ3v) is 2.17. The Morgan fingerprint density at radius 1 is 1.59 bits per heavy atom. The molecule has 0 saturated heterocycles. The Morgan fingerprint density at radius 3 is 2.88 bits per heavy atom. The van der Waals surface area contributed by atoms with Gasteiger partial charge < -0.3 is 16.2 Å². The molecule has 0 spiro atoms. The summed E-state index contributed by atoms with van der Waals surface area (Å²) in [6, 6.07) is 2.54. The fraction of sp³-hybridized carbons (Fsp3) is 0.364. The summed E-state index contributed by atoms with van der Waals surface area (Å²) in [5, 5.41) is 11.1. The number of carbonyl (C=O) groups excluding carboxylic acids is 1. The van der Waals surface area contributed by atoms with E-state index in [1.54, 1.807) is 25.3 Å².